The molecule has 1 heterocycles. The number of carbonyl (C=O) groups excluding carboxylic acids is 7. The zero-order valence-electron chi connectivity index (χ0n) is 39.0. The number of amides is 7. The third-order valence-electron chi connectivity index (χ3n) is 11.4. The van der Waals surface area contributed by atoms with Gasteiger partial charge in [0, 0.05) is 19.6 Å². The van der Waals surface area contributed by atoms with Crippen molar-refractivity contribution in [3.8, 4) is 0 Å². The molecule has 17 heteroatoms. The van der Waals surface area contributed by atoms with Crippen molar-refractivity contribution < 1.29 is 43.0 Å². The Morgan fingerprint density at radius 1 is 0.730 bits per heavy atom. The third-order valence-corrected chi connectivity index (χ3v) is 11.4. The van der Waals surface area contributed by atoms with Crippen LogP contribution in [-0.4, -0.2) is 127 Å². The summed E-state index contributed by atoms with van der Waals surface area (Å²) >= 11 is 0. The van der Waals surface area contributed by atoms with Crippen molar-refractivity contribution in [3.63, 3.8) is 0 Å². The third kappa shape index (κ3) is 18.0. The van der Waals surface area contributed by atoms with Crippen molar-refractivity contribution in [2.24, 2.45) is 5.92 Å². The van der Waals surface area contributed by atoms with Crippen molar-refractivity contribution >= 4 is 41.7 Å². The molecule has 6 N–H and O–H groups in total. The second-order valence-electron chi connectivity index (χ2n) is 18.0. The van der Waals surface area contributed by atoms with Gasteiger partial charge in [0.2, 0.25) is 29.5 Å². The minimum Gasteiger partial charge on any atom is -0.445 e. The summed E-state index contributed by atoms with van der Waals surface area (Å²) in [6, 6.07) is 3.12. The number of rotatable bonds is 15. The lowest BCUT2D eigenvalue weighted by Crippen LogP contribution is -2.64. The maximum atomic E-state index is 14.7. The topological polar surface area (TPSA) is 217 Å². The predicted molar refractivity (Wildman–Crippen MR) is 240 cm³/mol. The number of alkyl carbamates (subject to hydrolysis) is 2. The van der Waals surface area contributed by atoms with Gasteiger partial charge in [-0.3, -0.25) is 28.9 Å². The van der Waals surface area contributed by atoms with Gasteiger partial charge in [0.05, 0.1) is 19.1 Å². The maximum Gasteiger partial charge on any atom is 0.407 e. The van der Waals surface area contributed by atoms with Gasteiger partial charge in [-0.05, 0) is 77.8 Å². The molecule has 0 radical (unpaired) electrons. The molecule has 0 unspecified atom stereocenters. The largest absolute Gasteiger partial charge is 0.445 e. The zero-order valence-corrected chi connectivity index (χ0v) is 39.0. The van der Waals surface area contributed by atoms with E-state index in [4.69, 9.17) is 9.47 Å². The summed E-state index contributed by atoms with van der Waals surface area (Å²) in [4.78, 5) is 102. The zero-order chi connectivity index (χ0) is 46.5. The van der Waals surface area contributed by atoms with Gasteiger partial charge in [0.15, 0.2) is 0 Å². The summed E-state index contributed by atoms with van der Waals surface area (Å²) in [6.45, 7) is 12.9. The number of likely N-dealkylation sites (N-methyl/N-ethyl adjacent to an activating group) is 1. The molecule has 354 valence electrons. The fraction of sp³-hybridized carbons (Fsp3) is 0.717. The molecule has 1 aliphatic carbocycles. The number of ether oxygens (including phenoxy) is 2. The maximum absolute atomic E-state index is 14.7. The van der Waals surface area contributed by atoms with E-state index in [1.165, 1.54) is 4.90 Å². The highest BCUT2D eigenvalue weighted by Crippen LogP contribution is 2.27. The standard InChI is InChI=1S/C46H76N8O9/c1-9-12-25-37-43(59)53(8)36(20-11-3)41(57)52-38(33-23-18-15-19-24-33)42(58)51-35(28-48-45(61)63-46(5,6)7)40(56)50-34(39(55)49-31(4)29-54(37)26-13-10-2)27-47-44(60)62-30-32-21-16-14-17-22-32/h14,16-17,21-22,31,33-38H,9-13,15,18-20,23-30H2,1-8H3,(H,47,60)(H,48,61)(H,49,55)(H,50,56)(H,51,58)(H,52,57)/t31-,34+,35+,36+,37+,38+/m1/s1. The molecule has 6 atom stereocenters. The lowest BCUT2D eigenvalue weighted by molar-refractivity contribution is -0.145. The van der Waals surface area contributed by atoms with E-state index in [-0.39, 0.29) is 31.5 Å². The van der Waals surface area contributed by atoms with E-state index in [9.17, 15) is 33.6 Å². The molecular formula is C46H76N8O9. The fourth-order valence-corrected chi connectivity index (χ4v) is 8.02. The first-order valence-electron chi connectivity index (χ1n) is 23.1. The average Bonchev–Trinajstić information content (AvgIpc) is 3.24. The minimum absolute atomic E-state index is 0.0318. The highest BCUT2D eigenvalue weighted by Gasteiger charge is 2.39. The van der Waals surface area contributed by atoms with E-state index >= 15 is 0 Å². The van der Waals surface area contributed by atoms with E-state index in [0.29, 0.717) is 38.6 Å². The average molecular weight is 885 g/mol. The molecule has 2 fully saturated rings. The Morgan fingerprint density at radius 2 is 1.33 bits per heavy atom. The second-order valence-corrected chi connectivity index (χ2v) is 18.0. The van der Waals surface area contributed by atoms with Crippen LogP contribution in [0, 0.1) is 5.92 Å². The highest BCUT2D eigenvalue weighted by atomic mass is 16.6. The first-order chi connectivity index (χ1) is 30.0. The Kier molecular flexibility index (Phi) is 22.2. The van der Waals surface area contributed by atoms with Crippen LogP contribution >= 0.6 is 0 Å². The summed E-state index contributed by atoms with van der Waals surface area (Å²) in [6.07, 6.45) is 7.01. The molecule has 17 nitrogen and oxygen atoms in total. The van der Waals surface area contributed by atoms with Crippen molar-refractivity contribution in [1.82, 2.24) is 41.7 Å². The molecule has 63 heavy (non-hydrogen) atoms. The molecule has 1 saturated heterocycles. The molecule has 1 aliphatic heterocycles. The number of hydrogen-bond donors (Lipinski definition) is 6. The number of benzene rings is 1. The fourth-order valence-electron chi connectivity index (χ4n) is 8.02. The van der Waals surface area contributed by atoms with Crippen molar-refractivity contribution in [2.75, 3.05) is 33.2 Å². The summed E-state index contributed by atoms with van der Waals surface area (Å²) in [5.41, 5.74) is -0.117. The molecule has 2 aliphatic rings. The van der Waals surface area contributed by atoms with Crippen LogP contribution in [0.4, 0.5) is 9.59 Å². The lowest BCUT2D eigenvalue weighted by atomic mass is 9.83. The van der Waals surface area contributed by atoms with E-state index < -0.39 is 84.2 Å². The van der Waals surface area contributed by atoms with Crippen LogP contribution in [0.15, 0.2) is 30.3 Å². The summed E-state index contributed by atoms with van der Waals surface area (Å²) in [7, 11) is 1.64. The molecule has 1 aromatic carbocycles. The Balaban J connectivity index is 2.10. The number of carbonyl (C=O) groups is 7. The Labute approximate surface area is 374 Å². The van der Waals surface area contributed by atoms with Crippen LogP contribution in [0.2, 0.25) is 0 Å². The Bertz CT molecular complexity index is 1630. The SMILES string of the molecule is CCCC[C@H]1C(=O)N(C)[C@@H](CCC)C(=O)N[C@@H](C2CCCCC2)C(=O)N[C@@H](CNC(=O)OC(C)(C)C)C(=O)N[C@@H](CNC(=O)OCc2ccccc2)C(=O)N[C@H](C)CN1CCCC. The molecular weight excluding hydrogens is 809 g/mol. The number of nitrogens with one attached hydrogen (secondary N) is 6. The van der Waals surface area contributed by atoms with Crippen LogP contribution in [0.3, 0.4) is 0 Å². The van der Waals surface area contributed by atoms with Gasteiger partial charge in [-0.25, -0.2) is 9.59 Å². The van der Waals surface area contributed by atoms with Crippen LogP contribution in [0.25, 0.3) is 0 Å². The highest BCUT2D eigenvalue weighted by molar-refractivity contribution is 5.96. The minimum atomic E-state index is -1.45. The van der Waals surface area contributed by atoms with Gasteiger partial charge < -0.3 is 46.3 Å². The predicted octanol–water partition coefficient (Wildman–Crippen LogP) is 4.28. The van der Waals surface area contributed by atoms with Crippen LogP contribution in [0.5, 0.6) is 0 Å². The van der Waals surface area contributed by atoms with E-state index in [2.05, 4.69) is 50.6 Å². The van der Waals surface area contributed by atoms with Crippen LogP contribution < -0.4 is 31.9 Å². The van der Waals surface area contributed by atoms with E-state index in [1.807, 2.05) is 25.1 Å². The molecule has 0 spiro atoms. The summed E-state index contributed by atoms with van der Waals surface area (Å²) < 4.78 is 10.8. The molecule has 0 bridgehead atoms. The first-order valence-corrected chi connectivity index (χ1v) is 23.1. The summed E-state index contributed by atoms with van der Waals surface area (Å²) in [5, 5.41) is 16.6. The van der Waals surface area contributed by atoms with Gasteiger partial charge in [-0.2, -0.15) is 0 Å². The van der Waals surface area contributed by atoms with Gasteiger partial charge in [0.25, 0.3) is 0 Å². The Hall–Kier alpha value is -4.93. The smallest absolute Gasteiger partial charge is 0.407 e. The first kappa shape index (κ1) is 52.4. The normalized spacial score (nSPS) is 24.2. The van der Waals surface area contributed by atoms with Crippen LogP contribution in [0.1, 0.15) is 131 Å². The number of nitrogens with zero attached hydrogens (tertiary/aromatic N) is 2. The Morgan fingerprint density at radius 3 is 1.94 bits per heavy atom. The lowest BCUT2D eigenvalue weighted by Gasteiger charge is -2.38. The molecule has 3 rings (SSSR count). The van der Waals surface area contributed by atoms with Crippen molar-refractivity contribution in [3.05, 3.63) is 35.9 Å². The second kappa shape index (κ2) is 26.6. The molecule has 1 saturated carbocycles. The van der Waals surface area contributed by atoms with Gasteiger partial charge in [-0.15, -0.1) is 0 Å². The molecule has 1 aromatic rings. The van der Waals surface area contributed by atoms with Crippen LogP contribution in [-0.2, 0) is 40.1 Å². The van der Waals surface area contributed by atoms with Gasteiger partial charge in [0.1, 0.15) is 36.4 Å². The number of hydrogen-bond acceptors (Lipinski definition) is 10. The quantitative estimate of drug-likeness (QED) is 0.147. The number of unbranched alkanes of at least 4 members (excludes halogenated alkanes) is 2. The summed E-state index contributed by atoms with van der Waals surface area (Å²) in [5.74, 6) is -3.08. The molecule has 0 aromatic heterocycles. The molecule has 7 amide bonds. The van der Waals surface area contributed by atoms with E-state index in [0.717, 1.165) is 50.5 Å². The van der Waals surface area contributed by atoms with Crippen molar-refractivity contribution in [1.29, 1.82) is 0 Å². The van der Waals surface area contributed by atoms with Crippen molar-refractivity contribution in [2.45, 2.75) is 174 Å². The monoisotopic (exact) mass is 885 g/mol. The van der Waals surface area contributed by atoms with Gasteiger partial charge >= 0.3 is 12.2 Å². The van der Waals surface area contributed by atoms with Gasteiger partial charge in [-0.1, -0.05) is 96.0 Å². The van der Waals surface area contributed by atoms with E-state index in [1.54, 1.807) is 46.9 Å².